The fourth-order valence-corrected chi connectivity index (χ4v) is 2.71. The summed E-state index contributed by atoms with van der Waals surface area (Å²) >= 11 is 0. The SMILES string of the molecule is N#C/C(=C\C=C\c1ccc2c(ccn2-c2ccc(C(F)(F)F)cc2)c1)C(=O)O. The lowest BCUT2D eigenvalue weighted by molar-refractivity contribution is -0.137. The van der Waals surface area contributed by atoms with Gasteiger partial charge in [-0.05, 0) is 54.1 Å². The maximum Gasteiger partial charge on any atom is 0.416 e. The number of carbonyl (C=O) groups is 1. The Bertz CT molecular complexity index is 1130. The Labute approximate surface area is 158 Å². The molecule has 1 aromatic heterocycles. The van der Waals surface area contributed by atoms with Crippen molar-refractivity contribution in [1.82, 2.24) is 4.57 Å². The number of aromatic nitrogens is 1. The van der Waals surface area contributed by atoms with E-state index in [1.807, 2.05) is 18.2 Å². The van der Waals surface area contributed by atoms with E-state index < -0.39 is 17.7 Å². The largest absolute Gasteiger partial charge is 0.477 e. The Hall–Kier alpha value is -3.79. The molecule has 2 aromatic carbocycles. The van der Waals surface area contributed by atoms with E-state index in [1.165, 1.54) is 24.3 Å². The Morgan fingerprint density at radius 2 is 1.82 bits per heavy atom. The first-order chi connectivity index (χ1) is 13.3. The van der Waals surface area contributed by atoms with Crippen LogP contribution in [0.15, 0.2) is 72.5 Å². The Balaban J connectivity index is 1.89. The standard InChI is InChI=1S/C21H13F3N2O2/c22-21(23,24)17-5-7-18(8-6-17)26-11-10-15-12-14(4-9-19(15)26)2-1-3-16(13-25)20(27)28/h1-12H,(H,27,28)/b2-1+,16-3+. The zero-order chi connectivity index (χ0) is 20.3. The quantitative estimate of drug-likeness (QED) is 0.383. The Morgan fingerprint density at radius 3 is 2.43 bits per heavy atom. The molecule has 0 aliphatic heterocycles. The zero-order valence-electron chi connectivity index (χ0n) is 14.3. The van der Waals surface area contributed by atoms with Crippen LogP contribution in [0.5, 0.6) is 0 Å². The van der Waals surface area contributed by atoms with Gasteiger partial charge < -0.3 is 9.67 Å². The smallest absolute Gasteiger partial charge is 0.416 e. The molecule has 0 spiro atoms. The maximum absolute atomic E-state index is 12.7. The predicted octanol–water partition coefficient (Wildman–Crippen LogP) is 5.20. The second-order valence-electron chi connectivity index (χ2n) is 5.91. The van der Waals surface area contributed by atoms with Crippen LogP contribution in [0.3, 0.4) is 0 Å². The summed E-state index contributed by atoms with van der Waals surface area (Å²) in [6.07, 6.45) is 1.73. The van der Waals surface area contributed by atoms with Gasteiger partial charge in [0.1, 0.15) is 11.6 Å². The van der Waals surface area contributed by atoms with Gasteiger partial charge in [-0.2, -0.15) is 18.4 Å². The molecule has 4 nitrogen and oxygen atoms in total. The average molecular weight is 382 g/mol. The molecule has 0 bridgehead atoms. The topological polar surface area (TPSA) is 66.0 Å². The van der Waals surface area contributed by atoms with Crippen molar-refractivity contribution >= 4 is 22.9 Å². The summed E-state index contributed by atoms with van der Waals surface area (Å²) in [7, 11) is 0. The summed E-state index contributed by atoms with van der Waals surface area (Å²) in [6, 6.07) is 13.8. The minimum absolute atomic E-state index is 0.370. The van der Waals surface area contributed by atoms with Crippen molar-refractivity contribution in [3.8, 4) is 11.8 Å². The van der Waals surface area contributed by atoms with Gasteiger partial charge in [0.05, 0.1) is 11.1 Å². The lowest BCUT2D eigenvalue weighted by Gasteiger charge is -2.09. The Kier molecular flexibility index (Phi) is 5.05. The zero-order valence-corrected chi connectivity index (χ0v) is 14.3. The molecule has 0 amide bonds. The van der Waals surface area contributed by atoms with E-state index in [1.54, 1.807) is 29.0 Å². The van der Waals surface area contributed by atoms with Crippen molar-refractivity contribution in [3.63, 3.8) is 0 Å². The average Bonchev–Trinajstić information content (AvgIpc) is 3.07. The summed E-state index contributed by atoms with van der Waals surface area (Å²) in [5, 5.41) is 18.4. The lowest BCUT2D eigenvalue weighted by Crippen LogP contribution is -2.04. The lowest BCUT2D eigenvalue weighted by atomic mass is 10.1. The fraction of sp³-hybridized carbons (Fsp3) is 0.0476. The van der Waals surface area contributed by atoms with Crippen LogP contribution in [-0.4, -0.2) is 15.6 Å². The molecule has 0 unspecified atom stereocenters. The number of hydrogen-bond donors (Lipinski definition) is 1. The summed E-state index contributed by atoms with van der Waals surface area (Å²) in [5.74, 6) is -1.30. The van der Waals surface area contributed by atoms with Crippen LogP contribution in [0.2, 0.25) is 0 Å². The summed E-state index contributed by atoms with van der Waals surface area (Å²) < 4.78 is 39.9. The van der Waals surface area contributed by atoms with E-state index in [0.29, 0.717) is 5.69 Å². The molecule has 7 heteroatoms. The van der Waals surface area contributed by atoms with E-state index in [-0.39, 0.29) is 5.57 Å². The molecule has 1 N–H and O–H groups in total. The van der Waals surface area contributed by atoms with E-state index >= 15 is 0 Å². The third-order valence-corrected chi connectivity index (χ3v) is 4.09. The van der Waals surface area contributed by atoms with Gasteiger partial charge in [0.2, 0.25) is 0 Å². The second-order valence-corrected chi connectivity index (χ2v) is 5.91. The van der Waals surface area contributed by atoms with Crippen molar-refractivity contribution in [3.05, 3.63) is 83.6 Å². The van der Waals surface area contributed by atoms with Gasteiger partial charge in [0.15, 0.2) is 0 Å². The van der Waals surface area contributed by atoms with E-state index in [4.69, 9.17) is 10.4 Å². The van der Waals surface area contributed by atoms with Crippen LogP contribution >= 0.6 is 0 Å². The number of fused-ring (bicyclic) bond motifs is 1. The van der Waals surface area contributed by atoms with Crippen LogP contribution in [0.1, 0.15) is 11.1 Å². The van der Waals surface area contributed by atoms with Gasteiger partial charge in [0.25, 0.3) is 0 Å². The molecule has 0 aliphatic rings. The number of nitriles is 1. The van der Waals surface area contributed by atoms with Crippen molar-refractivity contribution in [2.75, 3.05) is 0 Å². The van der Waals surface area contributed by atoms with Crippen LogP contribution in [0, 0.1) is 11.3 Å². The van der Waals surface area contributed by atoms with Crippen LogP contribution in [0.4, 0.5) is 13.2 Å². The van der Waals surface area contributed by atoms with Gasteiger partial charge in [0, 0.05) is 17.3 Å². The van der Waals surface area contributed by atoms with Gasteiger partial charge in [-0.25, -0.2) is 4.79 Å². The molecule has 1 heterocycles. The molecular weight excluding hydrogens is 369 g/mol. The minimum atomic E-state index is -4.38. The van der Waals surface area contributed by atoms with Crippen molar-refractivity contribution in [2.24, 2.45) is 0 Å². The number of aliphatic carboxylic acids is 1. The molecule has 140 valence electrons. The monoisotopic (exact) mass is 382 g/mol. The van der Waals surface area contributed by atoms with Crippen LogP contribution in [-0.2, 0) is 11.0 Å². The molecule has 0 atom stereocenters. The molecule has 0 saturated carbocycles. The van der Waals surface area contributed by atoms with E-state index in [9.17, 15) is 18.0 Å². The van der Waals surface area contributed by atoms with Crippen molar-refractivity contribution in [1.29, 1.82) is 5.26 Å². The summed E-state index contributed by atoms with van der Waals surface area (Å²) in [6.45, 7) is 0. The van der Waals surface area contributed by atoms with Crippen molar-refractivity contribution < 1.29 is 23.1 Å². The van der Waals surface area contributed by atoms with Crippen LogP contribution in [0.25, 0.3) is 22.7 Å². The molecule has 0 radical (unpaired) electrons. The number of hydrogen-bond acceptors (Lipinski definition) is 2. The number of rotatable bonds is 4. The second kappa shape index (κ2) is 7.45. The first-order valence-electron chi connectivity index (χ1n) is 8.10. The molecule has 0 saturated heterocycles. The Morgan fingerprint density at radius 1 is 1.11 bits per heavy atom. The summed E-state index contributed by atoms with van der Waals surface area (Å²) in [4.78, 5) is 10.8. The molecule has 0 aliphatic carbocycles. The predicted molar refractivity (Wildman–Crippen MR) is 98.6 cm³/mol. The highest BCUT2D eigenvalue weighted by Crippen LogP contribution is 2.30. The molecular formula is C21H13F3N2O2. The summed E-state index contributed by atoms with van der Waals surface area (Å²) in [5.41, 5.74) is 1.14. The van der Waals surface area contributed by atoms with Gasteiger partial charge >= 0.3 is 12.1 Å². The minimum Gasteiger partial charge on any atom is -0.477 e. The molecule has 3 aromatic rings. The molecule has 3 rings (SSSR count). The van der Waals surface area contributed by atoms with Crippen LogP contribution < -0.4 is 0 Å². The first-order valence-corrected chi connectivity index (χ1v) is 8.10. The fourth-order valence-electron chi connectivity index (χ4n) is 2.71. The number of nitrogens with zero attached hydrogens (tertiary/aromatic N) is 2. The maximum atomic E-state index is 12.7. The van der Waals surface area contributed by atoms with Gasteiger partial charge in [-0.15, -0.1) is 0 Å². The van der Waals surface area contributed by atoms with Crippen molar-refractivity contribution in [2.45, 2.75) is 6.18 Å². The van der Waals surface area contributed by atoms with Gasteiger partial charge in [-0.1, -0.05) is 18.2 Å². The number of halogens is 3. The third-order valence-electron chi connectivity index (χ3n) is 4.09. The first kappa shape index (κ1) is 19.0. The highest BCUT2D eigenvalue weighted by molar-refractivity contribution is 5.91. The number of carboxylic acid groups (broad SMARTS) is 1. The number of alkyl halides is 3. The third kappa shape index (κ3) is 3.96. The molecule has 28 heavy (non-hydrogen) atoms. The highest BCUT2D eigenvalue weighted by Gasteiger charge is 2.30. The number of carboxylic acids is 1. The normalized spacial score (nSPS) is 12.4. The number of allylic oxidation sites excluding steroid dienone is 2. The van der Waals surface area contributed by atoms with E-state index in [2.05, 4.69) is 0 Å². The highest BCUT2D eigenvalue weighted by atomic mass is 19.4. The molecule has 0 fully saturated rings. The number of benzene rings is 2. The van der Waals surface area contributed by atoms with Gasteiger partial charge in [-0.3, -0.25) is 0 Å². The van der Waals surface area contributed by atoms with E-state index in [0.717, 1.165) is 28.6 Å².